The van der Waals surface area contributed by atoms with E-state index in [-0.39, 0.29) is 11.4 Å². The first kappa shape index (κ1) is 12.5. The van der Waals surface area contributed by atoms with Gasteiger partial charge in [-0.3, -0.25) is 4.79 Å². The topological polar surface area (TPSA) is 26.3 Å². The lowest BCUT2D eigenvalue weighted by molar-refractivity contribution is -0.153. The van der Waals surface area contributed by atoms with Gasteiger partial charge in [0.05, 0.1) is 12.0 Å². The van der Waals surface area contributed by atoms with E-state index < -0.39 is 0 Å². The molecule has 0 saturated heterocycles. The van der Waals surface area contributed by atoms with Crippen LogP contribution in [0.5, 0.6) is 0 Å². The van der Waals surface area contributed by atoms with Crippen molar-refractivity contribution in [2.24, 2.45) is 11.3 Å². The van der Waals surface area contributed by atoms with Crippen LogP contribution >= 0.6 is 0 Å². The van der Waals surface area contributed by atoms with Crippen molar-refractivity contribution in [1.29, 1.82) is 0 Å². The molecule has 0 unspecified atom stereocenters. The molecule has 0 saturated carbocycles. The minimum absolute atomic E-state index is 0.101. The van der Waals surface area contributed by atoms with Gasteiger partial charge in [-0.2, -0.15) is 0 Å². The molecule has 0 aromatic rings. The van der Waals surface area contributed by atoms with Crippen molar-refractivity contribution in [3.63, 3.8) is 0 Å². The van der Waals surface area contributed by atoms with E-state index in [1.807, 2.05) is 20.8 Å². The molecule has 0 aliphatic rings. The van der Waals surface area contributed by atoms with Gasteiger partial charge in [0, 0.05) is 0 Å². The first-order valence-electron chi connectivity index (χ1n) is 5.01. The van der Waals surface area contributed by atoms with Gasteiger partial charge in [-0.1, -0.05) is 13.8 Å². The van der Waals surface area contributed by atoms with Crippen LogP contribution in [0.25, 0.3) is 0 Å². The van der Waals surface area contributed by atoms with Gasteiger partial charge in [0.15, 0.2) is 0 Å². The quantitative estimate of drug-likeness (QED) is 0.498. The number of hydrogen-bond donors (Lipinski definition) is 0. The van der Waals surface area contributed by atoms with Crippen LogP contribution in [0.3, 0.4) is 0 Å². The molecule has 2 nitrogen and oxygen atoms in total. The van der Waals surface area contributed by atoms with E-state index in [1.54, 1.807) is 0 Å². The van der Waals surface area contributed by atoms with Crippen LogP contribution in [-0.4, -0.2) is 12.6 Å². The summed E-state index contributed by atoms with van der Waals surface area (Å²) in [7, 11) is 0. The molecule has 0 aromatic heterocycles. The fourth-order valence-electron chi connectivity index (χ4n) is 0.873. The average molecular weight is 186 g/mol. The third-order valence-electron chi connectivity index (χ3n) is 1.77. The lowest BCUT2D eigenvalue weighted by Gasteiger charge is -2.16. The van der Waals surface area contributed by atoms with Gasteiger partial charge in [-0.25, -0.2) is 0 Å². The highest BCUT2D eigenvalue weighted by molar-refractivity contribution is 5.75. The first-order chi connectivity index (χ1) is 5.84. The first-order valence-corrected chi connectivity index (χ1v) is 5.01. The molecule has 0 amide bonds. The van der Waals surface area contributed by atoms with E-state index in [9.17, 15) is 4.79 Å². The number of carbonyl (C=O) groups is 1. The Morgan fingerprint density at radius 3 is 2.23 bits per heavy atom. The molecule has 0 bridgehead atoms. The Morgan fingerprint density at radius 2 is 1.85 bits per heavy atom. The van der Waals surface area contributed by atoms with E-state index in [0.29, 0.717) is 12.5 Å². The largest absolute Gasteiger partial charge is 0.465 e. The van der Waals surface area contributed by atoms with E-state index in [4.69, 9.17) is 4.74 Å². The molecule has 0 aromatic carbocycles. The summed E-state index contributed by atoms with van der Waals surface area (Å²) in [6, 6.07) is 0. The van der Waals surface area contributed by atoms with Crippen molar-refractivity contribution in [2.45, 2.75) is 47.5 Å². The van der Waals surface area contributed by atoms with Gasteiger partial charge < -0.3 is 4.74 Å². The second-order valence-corrected chi connectivity index (χ2v) is 4.92. The maximum atomic E-state index is 11.3. The molecule has 0 fully saturated rings. The Balaban J connectivity index is 3.49. The molecule has 0 aliphatic carbocycles. The number of esters is 1. The fraction of sp³-hybridized carbons (Fsp3) is 0.909. The van der Waals surface area contributed by atoms with E-state index in [1.165, 1.54) is 0 Å². The van der Waals surface area contributed by atoms with Crippen LogP contribution in [0.2, 0.25) is 0 Å². The van der Waals surface area contributed by atoms with Gasteiger partial charge in [0.2, 0.25) is 0 Å². The van der Waals surface area contributed by atoms with Crippen LogP contribution in [0, 0.1) is 11.3 Å². The van der Waals surface area contributed by atoms with Crippen molar-refractivity contribution in [1.82, 2.24) is 0 Å². The van der Waals surface area contributed by atoms with Gasteiger partial charge >= 0.3 is 5.97 Å². The summed E-state index contributed by atoms with van der Waals surface area (Å²) in [5.41, 5.74) is -0.363. The van der Waals surface area contributed by atoms with Crippen LogP contribution in [0.15, 0.2) is 0 Å². The molecule has 2 heteroatoms. The predicted octanol–water partition coefficient (Wildman–Crippen LogP) is 3.01. The molecule has 0 spiro atoms. The monoisotopic (exact) mass is 186 g/mol. The fourth-order valence-corrected chi connectivity index (χ4v) is 0.873. The maximum Gasteiger partial charge on any atom is 0.311 e. The van der Waals surface area contributed by atoms with Crippen LogP contribution < -0.4 is 0 Å². The highest BCUT2D eigenvalue weighted by atomic mass is 16.5. The van der Waals surface area contributed by atoms with Gasteiger partial charge in [0.1, 0.15) is 0 Å². The summed E-state index contributed by atoms with van der Waals surface area (Å²) in [4.78, 5) is 11.3. The molecular formula is C11H22O2. The summed E-state index contributed by atoms with van der Waals surface area (Å²) >= 11 is 0. The lowest BCUT2D eigenvalue weighted by atomic mass is 9.97. The van der Waals surface area contributed by atoms with Crippen molar-refractivity contribution >= 4 is 5.97 Å². The van der Waals surface area contributed by atoms with E-state index in [2.05, 4.69) is 13.8 Å². The summed E-state index contributed by atoms with van der Waals surface area (Å²) in [5, 5.41) is 0. The third-order valence-corrected chi connectivity index (χ3v) is 1.77. The standard InChI is InChI=1S/C11H22O2/c1-9(2)7-6-8-13-10(12)11(3,4)5/h9H,6-8H2,1-5H3. The summed E-state index contributed by atoms with van der Waals surface area (Å²) < 4.78 is 5.12. The molecule has 0 N–H and O–H groups in total. The third kappa shape index (κ3) is 6.62. The van der Waals surface area contributed by atoms with Crippen LogP contribution in [-0.2, 0) is 9.53 Å². The van der Waals surface area contributed by atoms with Crippen molar-refractivity contribution in [2.75, 3.05) is 6.61 Å². The summed E-state index contributed by atoms with van der Waals surface area (Å²) in [6.07, 6.45) is 2.09. The highest BCUT2D eigenvalue weighted by Crippen LogP contribution is 2.15. The van der Waals surface area contributed by atoms with Crippen LogP contribution in [0.4, 0.5) is 0 Å². The molecule has 13 heavy (non-hydrogen) atoms. The smallest absolute Gasteiger partial charge is 0.311 e. The zero-order chi connectivity index (χ0) is 10.5. The SMILES string of the molecule is CC(C)CCCOC(=O)C(C)(C)C. The Hall–Kier alpha value is -0.530. The average Bonchev–Trinajstić information content (AvgIpc) is 1.95. The predicted molar refractivity (Wildman–Crippen MR) is 54.5 cm³/mol. The number of ether oxygens (including phenoxy) is 1. The molecule has 0 rings (SSSR count). The van der Waals surface area contributed by atoms with Gasteiger partial charge in [0.25, 0.3) is 0 Å². The molecule has 78 valence electrons. The Bertz CT molecular complexity index is 154. The zero-order valence-corrected chi connectivity index (χ0v) is 9.52. The zero-order valence-electron chi connectivity index (χ0n) is 9.52. The highest BCUT2D eigenvalue weighted by Gasteiger charge is 2.22. The Morgan fingerprint density at radius 1 is 1.31 bits per heavy atom. The second kappa shape index (κ2) is 5.25. The number of hydrogen-bond acceptors (Lipinski definition) is 2. The second-order valence-electron chi connectivity index (χ2n) is 4.92. The summed E-state index contributed by atoms with van der Waals surface area (Å²) in [6.45, 7) is 10.5. The Labute approximate surface area is 81.7 Å². The maximum absolute atomic E-state index is 11.3. The van der Waals surface area contributed by atoms with Crippen LogP contribution in [0.1, 0.15) is 47.5 Å². The summed E-state index contributed by atoms with van der Waals surface area (Å²) in [5.74, 6) is 0.588. The minimum atomic E-state index is -0.363. The molecule has 0 aliphatic heterocycles. The molecule has 0 atom stereocenters. The van der Waals surface area contributed by atoms with Gasteiger partial charge in [-0.15, -0.1) is 0 Å². The van der Waals surface area contributed by atoms with Crippen molar-refractivity contribution in [3.05, 3.63) is 0 Å². The van der Waals surface area contributed by atoms with Crippen molar-refractivity contribution in [3.8, 4) is 0 Å². The minimum Gasteiger partial charge on any atom is -0.465 e. The number of rotatable bonds is 4. The molecule has 0 radical (unpaired) electrons. The van der Waals surface area contributed by atoms with E-state index in [0.717, 1.165) is 12.8 Å². The van der Waals surface area contributed by atoms with E-state index >= 15 is 0 Å². The normalized spacial score (nSPS) is 11.8. The number of carbonyl (C=O) groups excluding carboxylic acids is 1. The van der Waals surface area contributed by atoms with Crippen molar-refractivity contribution < 1.29 is 9.53 Å². The van der Waals surface area contributed by atoms with Gasteiger partial charge in [-0.05, 0) is 39.5 Å². The molecule has 0 heterocycles. The Kier molecular flexibility index (Phi) is 5.04. The molecular weight excluding hydrogens is 164 g/mol. The lowest BCUT2D eigenvalue weighted by Crippen LogP contribution is -2.23.